The van der Waals surface area contributed by atoms with Crippen LogP contribution in [0.3, 0.4) is 0 Å². The predicted octanol–water partition coefficient (Wildman–Crippen LogP) is 4.40. The number of hydrogen-bond donors (Lipinski definition) is 1. The number of rotatable bonds is 6. The number of para-hydroxylation sites is 1. The van der Waals surface area contributed by atoms with Crippen LogP contribution in [0.1, 0.15) is 5.56 Å². The molecule has 0 radical (unpaired) electrons. The molecule has 4 aromatic rings. The monoisotopic (exact) mass is 501 g/mol. The van der Waals surface area contributed by atoms with Gasteiger partial charge in [-0.3, -0.25) is 13.9 Å². The SMILES string of the molecule is Cc1ccccc1N(CC(=O)Nc1ccc2c(c1)sc(=O)n2C)S(=O)(=O)c1ccc(Cl)cc1. The van der Waals surface area contributed by atoms with E-state index in [9.17, 15) is 18.0 Å². The van der Waals surface area contributed by atoms with Gasteiger partial charge in [0, 0.05) is 17.8 Å². The number of aromatic nitrogens is 1. The number of thiazole rings is 1. The lowest BCUT2D eigenvalue weighted by Crippen LogP contribution is -2.38. The van der Waals surface area contributed by atoms with Gasteiger partial charge in [-0.2, -0.15) is 0 Å². The van der Waals surface area contributed by atoms with E-state index in [4.69, 9.17) is 11.6 Å². The number of sulfonamides is 1. The average molecular weight is 502 g/mol. The van der Waals surface area contributed by atoms with E-state index in [1.165, 1.54) is 28.8 Å². The van der Waals surface area contributed by atoms with Crippen LogP contribution in [0.25, 0.3) is 10.2 Å². The number of benzene rings is 3. The van der Waals surface area contributed by atoms with Crippen molar-refractivity contribution in [2.24, 2.45) is 7.05 Å². The van der Waals surface area contributed by atoms with Gasteiger partial charge in [0.2, 0.25) is 5.91 Å². The van der Waals surface area contributed by atoms with Crippen LogP contribution in [0.4, 0.5) is 11.4 Å². The molecule has 0 bridgehead atoms. The van der Waals surface area contributed by atoms with E-state index in [0.29, 0.717) is 22.0 Å². The van der Waals surface area contributed by atoms with Crippen LogP contribution in [-0.4, -0.2) is 25.4 Å². The summed E-state index contributed by atoms with van der Waals surface area (Å²) >= 11 is 6.99. The lowest BCUT2D eigenvalue weighted by atomic mass is 10.2. The first-order valence-electron chi connectivity index (χ1n) is 9.90. The van der Waals surface area contributed by atoms with Crippen molar-refractivity contribution in [3.05, 3.63) is 87.0 Å². The maximum atomic E-state index is 13.5. The van der Waals surface area contributed by atoms with E-state index in [1.807, 2.05) is 0 Å². The van der Waals surface area contributed by atoms with Gasteiger partial charge in [0.1, 0.15) is 6.54 Å². The summed E-state index contributed by atoms with van der Waals surface area (Å²) in [5, 5.41) is 3.15. The number of halogens is 1. The summed E-state index contributed by atoms with van der Waals surface area (Å²) in [6, 6.07) is 17.9. The predicted molar refractivity (Wildman–Crippen MR) is 133 cm³/mol. The van der Waals surface area contributed by atoms with Gasteiger partial charge in [0.25, 0.3) is 10.0 Å². The molecule has 3 aromatic carbocycles. The molecule has 0 fully saturated rings. The smallest absolute Gasteiger partial charge is 0.307 e. The van der Waals surface area contributed by atoms with Crippen molar-refractivity contribution in [1.29, 1.82) is 0 Å². The van der Waals surface area contributed by atoms with Gasteiger partial charge in [-0.1, -0.05) is 41.1 Å². The Morgan fingerprint density at radius 3 is 2.48 bits per heavy atom. The third-order valence-electron chi connectivity index (χ3n) is 5.15. The molecule has 7 nitrogen and oxygen atoms in total. The number of hydrogen-bond acceptors (Lipinski definition) is 5. The molecular formula is C23H20ClN3O4S2. The molecule has 0 saturated carbocycles. The number of carbonyl (C=O) groups is 1. The molecule has 0 aliphatic rings. The van der Waals surface area contributed by atoms with Gasteiger partial charge in [-0.05, 0) is 61.0 Å². The number of amides is 1. The number of carbonyl (C=O) groups excluding carboxylic acids is 1. The molecule has 0 aliphatic heterocycles. The molecule has 10 heteroatoms. The van der Waals surface area contributed by atoms with Gasteiger partial charge >= 0.3 is 4.87 Å². The van der Waals surface area contributed by atoms with Crippen LogP contribution in [0, 0.1) is 6.92 Å². The molecule has 1 heterocycles. The molecule has 0 aliphatic carbocycles. The summed E-state index contributed by atoms with van der Waals surface area (Å²) in [6.45, 7) is 1.35. The summed E-state index contributed by atoms with van der Waals surface area (Å²) in [6.07, 6.45) is 0. The van der Waals surface area contributed by atoms with Crippen molar-refractivity contribution in [3.63, 3.8) is 0 Å². The highest BCUT2D eigenvalue weighted by Crippen LogP contribution is 2.28. The average Bonchev–Trinajstić information content (AvgIpc) is 3.06. The number of nitrogens with zero attached hydrogens (tertiary/aromatic N) is 2. The molecule has 33 heavy (non-hydrogen) atoms. The Labute approximate surface area is 199 Å². The van der Waals surface area contributed by atoms with Crippen LogP contribution in [0.2, 0.25) is 5.02 Å². The largest absolute Gasteiger partial charge is 0.324 e. The molecule has 1 aromatic heterocycles. The fourth-order valence-electron chi connectivity index (χ4n) is 3.42. The Bertz CT molecular complexity index is 1510. The second-order valence-electron chi connectivity index (χ2n) is 7.41. The van der Waals surface area contributed by atoms with Crippen LogP contribution >= 0.6 is 22.9 Å². The highest BCUT2D eigenvalue weighted by molar-refractivity contribution is 7.92. The molecule has 1 amide bonds. The minimum Gasteiger partial charge on any atom is -0.324 e. The molecule has 0 atom stereocenters. The minimum absolute atomic E-state index is 0.0263. The number of nitrogens with one attached hydrogen (secondary N) is 1. The Morgan fingerprint density at radius 2 is 1.79 bits per heavy atom. The van der Waals surface area contributed by atoms with Crippen LogP contribution < -0.4 is 14.5 Å². The van der Waals surface area contributed by atoms with Crippen molar-refractivity contribution in [1.82, 2.24) is 4.57 Å². The van der Waals surface area contributed by atoms with Crippen molar-refractivity contribution in [2.45, 2.75) is 11.8 Å². The fraction of sp³-hybridized carbons (Fsp3) is 0.130. The second kappa shape index (κ2) is 9.01. The lowest BCUT2D eigenvalue weighted by Gasteiger charge is -2.25. The summed E-state index contributed by atoms with van der Waals surface area (Å²) in [7, 11) is -2.36. The third-order valence-corrected chi connectivity index (χ3v) is 8.17. The number of anilines is 2. The second-order valence-corrected chi connectivity index (χ2v) is 10.7. The van der Waals surface area contributed by atoms with Gasteiger partial charge in [0.05, 0.1) is 20.8 Å². The number of aryl methyl sites for hydroxylation is 2. The topological polar surface area (TPSA) is 88.5 Å². The Balaban J connectivity index is 1.66. The van der Waals surface area contributed by atoms with Gasteiger partial charge < -0.3 is 9.88 Å². The Hall–Kier alpha value is -3.14. The van der Waals surface area contributed by atoms with Crippen molar-refractivity contribution in [3.8, 4) is 0 Å². The summed E-state index contributed by atoms with van der Waals surface area (Å²) < 4.78 is 30.3. The Kier molecular flexibility index (Phi) is 6.29. The number of fused-ring (bicyclic) bond motifs is 1. The van der Waals surface area contributed by atoms with E-state index in [0.717, 1.165) is 25.9 Å². The van der Waals surface area contributed by atoms with Crippen LogP contribution in [-0.2, 0) is 21.9 Å². The third kappa shape index (κ3) is 4.66. The molecule has 0 spiro atoms. The normalized spacial score (nSPS) is 11.5. The molecule has 4 rings (SSSR count). The van der Waals surface area contributed by atoms with Crippen molar-refractivity contribution in [2.75, 3.05) is 16.2 Å². The zero-order valence-corrected chi connectivity index (χ0v) is 20.2. The molecule has 0 saturated heterocycles. The molecule has 0 unspecified atom stereocenters. The first kappa shape index (κ1) is 23.0. The maximum absolute atomic E-state index is 13.5. The van der Waals surface area contributed by atoms with Crippen LogP contribution in [0.15, 0.2) is 76.4 Å². The highest BCUT2D eigenvalue weighted by Gasteiger charge is 2.28. The van der Waals surface area contributed by atoms with E-state index >= 15 is 0 Å². The van der Waals surface area contributed by atoms with E-state index in [2.05, 4.69) is 5.32 Å². The Morgan fingerprint density at radius 1 is 1.09 bits per heavy atom. The lowest BCUT2D eigenvalue weighted by molar-refractivity contribution is -0.114. The van der Waals surface area contributed by atoms with E-state index < -0.39 is 22.5 Å². The zero-order chi connectivity index (χ0) is 23.8. The van der Waals surface area contributed by atoms with Gasteiger partial charge in [-0.25, -0.2) is 8.42 Å². The quantitative estimate of drug-likeness (QED) is 0.424. The van der Waals surface area contributed by atoms with Crippen LogP contribution in [0.5, 0.6) is 0 Å². The molecular weight excluding hydrogens is 482 g/mol. The van der Waals surface area contributed by atoms with Gasteiger partial charge in [-0.15, -0.1) is 0 Å². The van der Waals surface area contributed by atoms with Gasteiger partial charge in [0.15, 0.2) is 0 Å². The highest BCUT2D eigenvalue weighted by atomic mass is 35.5. The first-order chi connectivity index (χ1) is 15.7. The standard InChI is InChI=1S/C23H20ClN3O4S2/c1-15-5-3-4-6-19(15)27(33(30,31)18-10-7-16(24)8-11-18)14-22(28)25-17-9-12-20-21(13-17)32-23(29)26(20)2/h3-13H,14H2,1-2H3,(H,25,28). The van der Waals surface area contributed by atoms with E-state index in [-0.39, 0.29) is 9.77 Å². The maximum Gasteiger partial charge on any atom is 0.307 e. The minimum atomic E-state index is -4.05. The molecule has 170 valence electrons. The van der Waals surface area contributed by atoms with E-state index in [1.54, 1.807) is 56.4 Å². The summed E-state index contributed by atoms with van der Waals surface area (Å²) in [5.41, 5.74) is 2.34. The molecule has 1 N–H and O–H groups in total. The van der Waals surface area contributed by atoms with Crippen molar-refractivity contribution < 1.29 is 13.2 Å². The van der Waals surface area contributed by atoms with Crippen molar-refractivity contribution >= 4 is 60.5 Å². The first-order valence-corrected chi connectivity index (χ1v) is 12.5. The fourth-order valence-corrected chi connectivity index (χ4v) is 5.95. The zero-order valence-electron chi connectivity index (χ0n) is 17.8. The summed E-state index contributed by atoms with van der Waals surface area (Å²) in [5.74, 6) is -0.515. The summed E-state index contributed by atoms with van der Waals surface area (Å²) in [4.78, 5) is 24.8.